The molecule has 0 saturated heterocycles. The average Bonchev–Trinajstić information content (AvgIpc) is 2.49. The number of fused-ring (bicyclic) bond motifs is 3. The maximum absolute atomic E-state index is 13.0. The van der Waals surface area contributed by atoms with Crippen molar-refractivity contribution < 1.29 is 15.0 Å². The van der Waals surface area contributed by atoms with E-state index in [9.17, 15) is 15.0 Å². The minimum absolute atomic E-state index is 0.0325. The Hall–Kier alpha value is -0.930. The first-order valence-corrected chi connectivity index (χ1v) is 8.89. The number of rotatable bonds is 1. The van der Waals surface area contributed by atoms with Crippen molar-refractivity contribution in [2.24, 2.45) is 28.6 Å². The number of Topliss-reactive ketones (excluding diaryl/α,β-unsaturated/α-hetero) is 1. The predicted molar refractivity (Wildman–Crippen MR) is 90.7 cm³/mol. The van der Waals surface area contributed by atoms with E-state index in [1.807, 2.05) is 0 Å². The maximum Gasteiger partial charge on any atom is 0.170 e. The van der Waals surface area contributed by atoms with Crippen LogP contribution >= 0.6 is 0 Å². The van der Waals surface area contributed by atoms with Crippen molar-refractivity contribution in [3.8, 4) is 0 Å². The monoisotopic (exact) mass is 318 g/mol. The van der Waals surface area contributed by atoms with Crippen molar-refractivity contribution in [2.45, 2.75) is 65.6 Å². The third-order valence-electron chi connectivity index (χ3n) is 7.49. The molecule has 3 aliphatic carbocycles. The molecule has 3 rings (SSSR count). The van der Waals surface area contributed by atoms with Gasteiger partial charge in [-0.05, 0) is 60.8 Å². The van der Waals surface area contributed by atoms with Crippen LogP contribution in [0.15, 0.2) is 23.8 Å². The van der Waals surface area contributed by atoms with Crippen molar-refractivity contribution in [2.75, 3.05) is 0 Å². The van der Waals surface area contributed by atoms with Gasteiger partial charge < -0.3 is 10.2 Å². The highest BCUT2D eigenvalue weighted by Gasteiger charge is 2.61. The second-order valence-corrected chi connectivity index (χ2v) is 8.74. The van der Waals surface area contributed by atoms with Gasteiger partial charge in [-0.1, -0.05) is 39.0 Å². The van der Waals surface area contributed by atoms with E-state index in [0.717, 1.165) is 31.3 Å². The largest absolute Gasteiger partial charge is 0.393 e. The van der Waals surface area contributed by atoms with Crippen molar-refractivity contribution in [3.63, 3.8) is 0 Å². The molecule has 3 nitrogen and oxygen atoms in total. The van der Waals surface area contributed by atoms with Crippen molar-refractivity contribution >= 4 is 5.78 Å². The summed E-state index contributed by atoms with van der Waals surface area (Å²) in [7, 11) is 0. The van der Waals surface area contributed by atoms with E-state index in [4.69, 9.17) is 0 Å². The number of aliphatic hydroxyl groups excluding tert-OH is 2. The average molecular weight is 318 g/mol. The molecule has 0 bridgehead atoms. The van der Waals surface area contributed by atoms with E-state index in [1.54, 1.807) is 6.08 Å². The SMILES string of the molecule is C=CC1=C(C)C2CCC3C(C)(C)C(O)CCC3(C)C2C(=O)C1O. The lowest BCUT2D eigenvalue weighted by atomic mass is 9.43. The van der Waals surface area contributed by atoms with Crippen molar-refractivity contribution in [3.05, 3.63) is 23.8 Å². The molecule has 0 aromatic carbocycles. The van der Waals surface area contributed by atoms with E-state index in [2.05, 4.69) is 34.3 Å². The maximum atomic E-state index is 13.0. The predicted octanol–water partition coefficient (Wildman–Crippen LogP) is 3.26. The Bertz CT molecular complexity index is 573. The Kier molecular flexibility index (Phi) is 3.89. The smallest absolute Gasteiger partial charge is 0.170 e. The number of carbonyl (C=O) groups is 1. The summed E-state index contributed by atoms with van der Waals surface area (Å²) < 4.78 is 0. The summed E-state index contributed by atoms with van der Waals surface area (Å²) in [6, 6.07) is 0. The topological polar surface area (TPSA) is 57.5 Å². The van der Waals surface area contributed by atoms with Crippen LogP contribution in [0.25, 0.3) is 0 Å². The normalized spacial score (nSPS) is 46.2. The lowest BCUT2D eigenvalue weighted by Gasteiger charge is -2.61. The summed E-state index contributed by atoms with van der Waals surface area (Å²) in [5, 5.41) is 21.0. The first-order chi connectivity index (χ1) is 10.7. The molecule has 2 N–H and O–H groups in total. The number of allylic oxidation sites excluding steroid dienone is 1. The fraction of sp³-hybridized carbons (Fsp3) is 0.750. The van der Waals surface area contributed by atoms with Gasteiger partial charge in [0.1, 0.15) is 6.10 Å². The van der Waals surface area contributed by atoms with Gasteiger partial charge in [0.05, 0.1) is 6.10 Å². The van der Waals surface area contributed by atoms with Gasteiger partial charge in [-0.25, -0.2) is 0 Å². The molecule has 0 amide bonds. The van der Waals surface area contributed by atoms with Crippen LogP contribution < -0.4 is 0 Å². The molecule has 0 radical (unpaired) electrons. The molecule has 3 aliphatic rings. The Morgan fingerprint density at radius 2 is 1.83 bits per heavy atom. The molecule has 6 atom stereocenters. The molecule has 0 aromatic rings. The molecule has 2 fully saturated rings. The van der Waals surface area contributed by atoms with Crippen LogP contribution in [0.2, 0.25) is 0 Å². The minimum atomic E-state index is -1.03. The summed E-state index contributed by atoms with van der Waals surface area (Å²) in [6.07, 6.45) is 3.91. The van der Waals surface area contributed by atoms with Gasteiger partial charge in [0.2, 0.25) is 0 Å². The van der Waals surface area contributed by atoms with Gasteiger partial charge in [-0.15, -0.1) is 0 Å². The van der Waals surface area contributed by atoms with Crippen molar-refractivity contribution in [1.29, 1.82) is 0 Å². The molecule has 0 aliphatic heterocycles. The van der Waals surface area contributed by atoms with E-state index in [1.165, 1.54) is 0 Å². The summed E-state index contributed by atoms with van der Waals surface area (Å²) >= 11 is 0. The van der Waals surface area contributed by atoms with Crippen LogP contribution in [0.3, 0.4) is 0 Å². The molecule has 3 heteroatoms. The van der Waals surface area contributed by atoms with Crippen molar-refractivity contribution in [1.82, 2.24) is 0 Å². The zero-order valence-corrected chi connectivity index (χ0v) is 14.8. The Morgan fingerprint density at radius 1 is 1.17 bits per heavy atom. The third kappa shape index (κ3) is 2.12. The van der Waals surface area contributed by atoms with Gasteiger partial charge in [0.25, 0.3) is 0 Å². The first-order valence-electron chi connectivity index (χ1n) is 8.89. The number of aliphatic hydroxyl groups is 2. The van der Waals surface area contributed by atoms with E-state index < -0.39 is 6.10 Å². The van der Waals surface area contributed by atoms with Gasteiger partial charge >= 0.3 is 0 Å². The standard InChI is InChI=1S/C20H30O3/c1-6-12-11(2)13-7-8-14-19(3,4)15(21)9-10-20(14,5)16(13)18(23)17(12)22/h6,13-17,21-22H,1,7-10H2,2-5H3. The highest BCUT2D eigenvalue weighted by atomic mass is 16.3. The number of hydrogen-bond acceptors (Lipinski definition) is 3. The van der Waals surface area contributed by atoms with Crippen LogP contribution in [-0.2, 0) is 4.79 Å². The summed E-state index contributed by atoms with van der Waals surface area (Å²) in [5.74, 6) is 0.363. The highest BCUT2D eigenvalue weighted by molar-refractivity contribution is 5.91. The van der Waals surface area contributed by atoms with E-state index in [-0.39, 0.29) is 34.6 Å². The van der Waals surface area contributed by atoms with Crippen LogP contribution in [0.1, 0.15) is 53.4 Å². The Morgan fingerprint density at radius 3 is 2.43 bits per heavy atom. The fourth-order valence-corrected chi connectivity index (χ4v) is 6.14. The van der Waals surface area contributed by atoms with Gasteiger partial charge in [-0.2, -0.15) is 0 Å². The summed E-state index contributed by atoms with van der Waals surface area (Å²) in [4.78, 5) is 13.0. The van der Waals surface area contributed by atoms with Gasteiger partial charge in [-0.3, -0.25) is 4.79 Å². The van der Waals surface area contributed by atoms with E-state index in [0.29, 0.717) is 11.5 Å². The minimum Gasteiger partial charge on any atom is -0.393 e. The molecular formula is C20H30O3. The summed E-state index contributed by atoms with van der Waals surface area (Å²) in [6.45, 7) is 12.3. The highest BCUT2D eigenvalue weighted by Crippen LogP contribution is 2.63. The molecule has 0 aromatic heterocycles. The zero-order valence-electron chi connectivity index (χ0n) is 14.8. The number of carbonyl (C=O) groups excluding carboxylic acids is 1. The fourth-order valence-electron chi connectivity index (χ4n) is 6.14. The number of hydrogen-bond donors (Lipinski definition) is 2. The lowest BCUT2D eigenvalue weighted by Crippen LogP contribution is -2.60. The lowest BCUT2D eigenvalue weighted by molar-refractivity contribution is -0.167. The van der Waals surface area contributed by atoms with Crippen LogP contribution in [0, 0.1) is 28.6 Å². The van der Waals surface area contributed by atoms with E-state index >= 15 is 0 Å². The second-order valence-electron chi connectivity index (χ2n) is 8.74. The first kappa shape index (κ1) is 16.9. The molecule has 0 heterocycles. The van der Waals surface area contributed by atoms with Gasteiger partial charge in [0.15, 0.2) is 5.78 Å². The Balaban J connectivity index is 2.09. The molecule has 0 spiro atoms. The number of ketones is 1. The quantitative estimate of drug-likeness (QED) is 0.780. The zero-order chi connectivity index (χ0) is 17.2. The third-order valence-corrected chi connectivity index (χ3v) is 7.49. The molecule has 6 unspecified atom stereocenters. The van der Waals surface area contributed by atoms with Crippen LogP contribution in [0.4, 0.5) is 0 Å². The molecule has 128 valence electrons. The molecular weight excluding hydrogens is 288 g/mol. The Labute approximate surface area is 139 Å². The van der Waals surface area contributed by atoms with Crippen LogP contribution in [0.5, 0.6) is 0 Å². The molecule has 23 heavy (non-hydrogen) atoms. The summed E-state index contributed by atoms with van der Waals surface area (Å²) in [5.41, 5.74) is 1.53. The van der Waals surface area contributed by atoms with Gasteiger partial charge in [0, 0.05) is 5.92 Å². The molecule has 2 saturated carbocycles. The van der Waals surface area contributed by atoms with Crippen LogP contribution in [-0.4, -0.2) is 28.2 Å². The second kappa shape index (κ2) is 5.29.